The fraction of sp³-hybridized carbons (Fsp3) is 0.455. The van der Waals surface area contributed by atoms with Crippen molar-refractivity contribution < 1.29 is 9.84 Å². The average molecular weight is 230 g/mol. The van der Waals surface area contributed by atoms with Crippen LogP contribution < -0.4 is 10.5 Å². The third kappa shape index (κ3) is 4.08. The zero-order chi connectivity index (χ0) is 11.3. The first-order chi connectivity index (χ1) is 7.13. The number of nitrogens with two attached hydrogens (primary N) is 1. The zero-order valence-corrected chi connectivity index (χ0v) is 9.50. The van der Waals surface area contributed by atoms with Crippen molar-refractivity contribution in [2.45, 2.75) is 19.4 Å². The molecular weight excluding hydrogens is 214 g/mol. The fourth-order valence-corrected chi connectivity index (χ4v) is 1.42. The molecule has 1 unspecified atom stereocenters. The largest absolute Gasteiger partial charge is 0.493 e. The monoisotopic (exact) mass is 229 g/mol. The first-order valence-electron chi connectivity index (χ1n) is 4.90. The van der Waals surface area contributed by atoms with Crippen molar-refractivity contribution in [2.75, 3.05) is 13.2 Å². The molecule has 3 N–H and O–H groups in total. The number of ether oxygens (including phenoxy) is 1. The van der Waals surface area contributed by atoms with E-state index in [0.29, 0.717) is 18.1 Å². The number of rotatable bonds is 5. The fourth-order valence-electron chi connectivity index (χ4n) is 1.20. The molecule has 0 aliphatic heterocycles. The van der Waals surface area contributed by atoms with Gasteiger partial charge in [-0.3, -0.25) is 0 Å². The van der Waals surface area contributed by atoms with Gasteiger partial charge in [0.05, 0.1) is 12.7 Å². The van der Waals surface area contributed by atoms with Gasteiger partial charge in [0.1, 0.15) is 5.75 Å². The van der Waals surface area contributed by atoms with E-state index in [1.165, 1.54) is 0 Å². The second-order valence-corrected chi connectivity index (χ2v) is 3.87. The first-order valence-corrected chi connectivity index (χ1v) is 5.28. The van der Waals surface area contributed by atoms with Crippen molar-refractivity contribution in [3.05, 3.63) is 28.8 Å². The smallest absolute Gasteiger partial charge is 0.122 e. The molecule has 15 heavy (non-hydrogen) atoms. The molecule has 0 saturated carbocycles. The molecule has 0 heterocycles. The highest BCUT2D eigenvalue weighted by molar-refractivity contribution is 6.30. The molecule has 1 aromatic rings. The molecule has 0 radical (unpaired) electrons. The van der Waals surface area contributed by atoms with E-state index in [1.54, 1.807) is 6.07 Å². The second kappa shape index (κ2) is 5.95. The molecule has 3 nitrogen and oxygen atoms in total. The second-order valence-electron chi connectivity index (χ2n) is 3.44. The summed E-state index contributed by atoms with van der Waals surface area (Å²) < 4.78 is 5.49. The van der Waals surface area contributed by atoms with Gasteiger partial charge in [0.25, 0.3) is 0 Å². The highest BCUT2D eigenvalue weighted by Gasteiger charge is 2.03. The highest BCUT2D eigenvalue weighted by Crippen LogP contribution is 2.21. The summed E-state index contributed by atoms with van der Waals surface area (Å²) in [7, 11) is 0. The maximum absolute atomic E-state index is 9.22. The molecule has 0 bridgehead atoms. The maximum atomic E-state index is 9.22. The van der Waals surface area contributed by atoms with E-state index < -0.39 is 6.10 Å². The van der Waals surface area contributed by atoms with Gasteiger partial charge < -0.3 is 15.6 Å². The summed E-state index contributed by atoms with van der Waals surface area (Å²) in [5.74, 6) is 0.795. The first kappa shape index (κ1) is 12.3. The molecule has 1 rings (SSSR count). The molecule has 0 saturated heterocycles. The van der Waals surface area contributed by atoms with Crippen LogP contribution in [0.1, 0.15) is 12.0 Å². The van der Waals surface area contributed by atoms with Crippen LogP contribution in [0.4, 0.5) is 0 Å². The molecule has 0 aliphatic carbocycles. The van der Waals surface area contributed by atoms with Crippen molar-refractivity contribution in [1.82, 2.24) is 0 Å². The van der Waals surface area contributed by atoms with Crippen LogP contribution >= 0.6 is 11.6 Å². The molecule has 1 atom stereocenters. The van der Waals surface area contributed by atoms with Gasteiger partial charge in [-0.15, -0.1) is 0 Å². The molecule has 0 aromatic heterocycles. The lowest BCUT2D eigenvalue weighted by Crippen LogP contribution is -2.22. The Labute approximate surface area is 94.8 Å². The molecule has 0 spiro atoms. The van der Waals surface area contributed by atoms with E-state index in [2.05, 4.69) is 0 Å². The number of hydrogen-bond donors (Lipinski definition) is 2. The summed E-state index contributed by atoms with van der Waals surface area (Å²) in [5.41, 5.74) is 6.27. The number of hydrogen-bond acceptors (Lipinski definition) is 3. The Morgan fingerprint density at radius 1 is 1.53 bits per heavy atom. The summed E-state index contributed by atoms with van der Waals surface area (Å²) in [6.45, 7) is 2.66. The van der Waals surface area contributed by atoms with Gasteiger partial charge in [0.2, 0.25) is 0 Å². The van der Waals surface area contributed by atoms with Crippen LogP contribution in [0.25, 0.3) is 0 Å². The average Bonchev–Trinajstić information content (AvgIpc) is 2.21. The van der Waals surface area contributed by atoms with E-state index in [1.807, 2.05) is 19.1 Å². The maximum Gasteiger partial charge on any atom is 0.122 e. The number of aryl methyl sites for hydroxylation is 1. The molecule has 0 fully saturated rings. The molecule has 4 heteroatoms. The predicted molar refractivity (Wildman–Crippen MR) is 61.4 cm³/mol. The summed E-state index contributed by atoms with van der Waals surface area (Å²) in [6.07, 6.45) is 0.0519. The van der Waals surface area contributed by atoms with Gasteiger partial charge in [-0.25, -0.2) is 0 Å². The summed E-state index contributed by atoms with van der Waals surface area (Å²) >= 11 is 5.81. The van der Waals surface area contributed by atoms with Crippen LogP contribution in [0.2, 0.25) is 5.02 Å². The van der Waals surface area contributed by atoms with Crippen molar-refractivity contribution >= 4 is 11.6 Å². The van der Waals surface area contributed by atoms with Crippen LogP contribution in [0.5, 0.6) is 5.75 Å². The van der Waals surface area contributed by atoms with Gasteiger partial charge in [0, 0.05) is 18.0 Å². The third-order valence-corrected chi connectivity index (χ3v) is 2.35. The Hall–Kier alpha value is -0.770. The Morgan fingerprint density at radius 3 is 2.87 bits per heavy atom. The van der Waals surface area contributed by atoms with E-state index in [0.717, 1.165) is 11.3 Å². The Bertz CT molecular complexity index is 317. The van der Waals surface area contributed by atoms with Gasteiger partial charge >= 0.3 is 0 Å². The van der Waals surface area contributed by atoms with Crippen LogP contribution in [-0.4, -0.2) is 24.4 Å². The highest BCUT2D eigenvalue weighted by atomic mass is 35.5. The Morgan fingerprint density at radius 2 is 2.27 bits per heavy atom. The number of aliphatic hydroxyl groups excluding tert-OH is 1. The Kier molecular flexibility index (Phi) is 4.88. The molecule has 1 aromatic carbocycles. The number of benzene rings is 1. The molecule has 0 aliphatic rings. The minimum absolute atomic E-state index is 0.267. The summed E-state index contributed by atoms with van der Waals surface area (Å²) in [4.78, 5) is 0. The van der Waals surface area contributed by atoms with E-state index in [4.69, 9.17) is 22.1 Å². The van der Waals surface area contributed by atoms with Gasteiger partial charge in [0.15, 0.2) is 0 Å². The van der Waals surface area contributed by atoms with E-state index in [9.17, 15) is 5.11 Å². The van der Waals surface area contributed by atoms with E-state index >= 15 is 0 Å². The van der Waals surface area contributed by atoms with Gasteiger partial charge in [-0.05, 0) is 30.7 Å². The molecular formula is C11H16ClNO2. The van der Waals surface area contributed by atoms with Crippen LogP contribution in [0.15, 0.2) is 18.2 Å². The van der Waals surface area contributed by atoms with Crippen molar-refractivity contribution in [3.8, 4) is 5.75 Å². The van der Waals surface area contributed by atoms with Crippen molar-refractivity contribution in [1.29, 1.82) is 0 Å². The van der Waals surface area contributed by atoms with Crippen LogP contribution in [0.3, 0.4) is 0 Å². The third-order valence-electron chi connectivity index (χ3n) is 2.12. The number of halogens is 1. The van der Waals surface area contributed by atoms with Crippen molar-refractivity contribution in [3.63, 3.8) is 0 Å². The standard InChI is InChI=1S/C11H16ClNO2/c1-8-6-9(12)2-3-11(8)15-5-4-10(14)7-13/h2-3,6,10,14H,4-5,7,13H2,1H3. The topological polar surface area (TPSA) is 55.5 Å². The zero-order valence-electron chi connectivity index (χ0n) is 8.74. The summed E-state index contributed by atoms with van der Waals surface area (Å²) in [6, 6.07) is 5.45. The Balaban J connectivity index is 2.44. The van der Waals surface area contributed by atoms with Crippen LogP contribution in [-0.2, 0) is 0 Å². The normalized spacial score (nSPS) is 12.5. The quantitative estimate of drug-likeness (QED) is 0.809. The van der Waals surface area contributed by atoms with Crippen molar-refractivity contribution in [2.24, 2.45) is 5.73 Å². The number of aliphatic hydroxyl groups is 1. The summed E-state index contributed by atoms with van der Waals surface area (Å²) in [5, 5.41) is 9.92. The minimum Gasteiger partial charge on any atom is -0.493 e. The molecule has 84 valence electrons. The molecule has 0 amide bonds. The lowest BCUT2D eigenvalue weighted by Gasteiger charge is -2.11. The lowest BCUT2D eigenvalue weighted by atomic mass is 10.2. The van der Waals surface area contributed by atoms with E-state index in [-0.39, 0.29) is 6.54 Å². The van der Waals surface area contributed by atoms with Crippen LogP contribution in [0, 0.1) is 6.92 Å². The predicted octanol–water partition coefficient (Wildman–Crippen LogP) is 1.74. The SMILES string of the molecule is Cc1cc(Cl)ccc1OCCC(O)CN. The van der Waals surface area contributed by atoms with Gasteiger partial charge in [-0.1, -0.05) is 11.6 Å². The van der Waals surface area contributed by atoms with Gasteiger partial charge in [-0.2, -0.15) is 0 Å². The lowest BCUT2D eigenvalue weighted by molar-refractivity contribution is 0.146. The minimum atomic E-state index is -0.488.